The molecule has 2 aromatic heterocycles. The summed E-state index contributed by atoms with van der Waals surface area (Å²) >= 11 is 0. The summed E-state index contributed by atoms with van der Waals surface area (Å²) in [7, 11) is 3.30. The molecule has 21 heavy (non-hydrogen) atoms. The van der Waals surface area contributed by atoms with Crippen LogP contribution < -0.4 is 5.32 Å². The molecule has 0 radical (unpaired) electrons. The number of aromatic nitrogens is 4. The topological polar surface area (TPSA) is 105 Å². The van der Waals surface area contributed by atoms with Crippen molar-refractivity contribution < 1.29 is 14.9 Å². The van der Waals surface area contributed by atoms with Gasteiger partial charge in [-0.25, -0.2) is 15.0 Å². The van der Waals surface area contributed by atoms with Gasteiger partial charge in [0, 0.05) is 14.2 Å². The molecule has 3 N–H and O–H groups in total. The van der Waals surface area contributed by atoms with Crippen LogP contribution in [0.3, 0.4) is 0 Å². The molecular formula is C13H17N5O3. The average molecular weight is 291 g/mol. The molecule has 2 heterocycles. The van der Waals surface area contributed by atoms with Crippen LogP contribution in [-0.4, -0.2) is 62.7 Å². The highest BCUT2D eigenvalue weighted by Crippen LogP contribution is 2.32. The minimum absolute atomic E-state index is 0.276. The molecule has 1 aliphatic rings. The molecule has 3 unspecified atom stereocenters. The number of imidazole rings is 1. The lowest BCUT2D eigenvalue weighted by Crippen LogP contribution is -2.30. The number of methoxy groups -OCH3 is 1. The number of aliphatic hydroxyl groups is 2. The highest BCUT2D eigenvalue weighted by Gasteiger charge is 2.36. The van der Waals surface area contributed by atoms with E-state index in [2.05, 4.69) is 20.3 Å². The van der Waals surface area contributed by atoms with Crippen LogP contribution in [0.1, 0.15) is 6.04 Å². The van der Waals surface area contributed by atoms with Gasteiger partial charge in [0.1, 0.15) is 24.1 Å². The molecule has 0 saturated carbocycles. The molecule has 8 nitrogen and oxygen atoms in total. The van der Waals surface area contributed by atoms with Crippen LogP contribution in [-0.2, 0) is 4.74 Å². The lowest BCUT2D eigenvalue weighted by molar-refractivity contribution is 0.0270. The summed E-state index contributed by atoms with van der Waals surface area (Å²) in [5, 5.41) is 23.2. The van der Waals surface area contributed by atoms with Crippen LogP contribution >= 0.6 is 0 Å². The van der Waals surface area contributed by atoms with E-state index in [9.17, 15) is 10.2 Å². The molecule has 0 bridgehead atoms. The van der Waals surface area contributed by atoms with Gasteiger partial charge in [-0.3, -0.25) is 0 Å². The molecule has 0 spiro atoms. The van der Waals surface area contributed by atoms with Crippen molar-refractivity contribution in [2.45, 2.75) is 18.2 Å². The molecule has 3 rings (SSSR count). The SMILES string of the molecule is CNc1ncnc2c1ncn2C1C=C(COC)C(O)C1O. The van der Waals surface area contributed by atoms with Crippen molar-refractivity contribution in [1.82, 2.24) is 19.5 Å². The number of hydrogen-bond donors (Lipinski definition) is 3. The number of aliphatic hydroxyl groups excluding tert-OH is 2. The van der Waals surface area contributed by atoms with Crippen molar-refractivity contribution in [2.24, 2.45) is 0 Å². The molecule has 0 fully saturated rings. The number of ether oxygens (including phenoxy) is 1. The molecule has 8 heteroatoms. The van der Waals surface area contributed by atoms with E-state index in [4.69, 9.17) is 4.74 Å². The quantitative estimate of drug-likeness (QED) is 0.665. The van der Waals surface area contributed by atoms with Crippen molar-refractivity contribution in [3.05, 3.63) is 24.3 Å². The minimum atomic E-state index is -0.958. The van der Waals surface area contributed by atoms with Gasteiger partial charge < -0.3 is 24.8 Å². The van der Waals surface area contributed by atoms with Gasteiger partial charge in [0.15, 0.2) is 11.5 Å². The summed E-state index contributed by atoms with van der Waals surface area (Å²) in [6.07, 6.45) is 2.91. The Morgan fingerprint density at radius 3 is 2.86 bits per heavy atom. The van der Waals surface area contributed by atoms with E-state index >= 15 is 0 Å². The molecule has 0 amide bonds. The molecule has 2 aromatic rings. The monoisotopic (exact) mass is 291 g/mol. The number of anilines is 1. The van der Waals surface area contributed by atoms with Crippen LogP contribution in [0.2, 0.25) is 0 Å². The molecule has 1 aliphatic carbocycles. The fourth-order valence-electron chi connectivity index (χ4n) is 2.62. The molecule has 0 saturated heterocycles. The predicted octanol–water partition coefficient (Wildman–Crippen LogP) is -0.283. The molecule has 112 valence electrons. The zero-order chi connectivity index (χ0) is 15.0. The Morgan fingerprint density at radius 2 is 2.14 bits per heavy atom. The maximum atomic E-state index is 10.2. The second kappa shape index (κ2) is 5.40. The first-order chi connectivity index (χ1) is 10.2. The van der Waals surface area contributed by atoms with Gasteiger partial charge in [0.25, 0.3) is 0 Å². The minimum Gasteiger partial charge on any atom is -0.388 e. The van der Waals surface area contributed by atoms with Gasteiger partial charge in [0.2, 0.25) is 0 Å². The van der Waals surface area contributed by atoms with Crippen LogP contribution in [0.25, 0.3) is 11.2 Å². The first-order valence-electron chi connectivity index (χ1n) is 6.58. The largest absolute Gasteiger partial charge is 0.388 e. The molecule has 0 aliphatic heterocycles. The van der Waals surface area contributed by atoms with Gasteiger partial charge in [0.05, 0.1) is 19.0 Å². The number of nitrogens with zero attached hydrogens (tertiary/aromatic N) is 4. The summed E-state index contributed by atoms with van der Waals surface area (Å²) in [6, 6.07) is -0.435. The Balaban J connectivity index is 2.05. The van der Waals surface area contributed by atoms with Gasteiger partial charge in [-0.15, -0.1) is 0 Å². The standard InChI is InChI=1S/C13H17N5O3/c1-14-12-9-13(16-5-15-12)18(6-17-9)8-3-7(4-21-2)10(19)11(8)20/h3,5-6,8,10-11,19-20H,4H2,1-2H3,(H,14,15,16). The third-order valence-electron chi connectivity index (χ3n) is 3.67. The summed E-state index contributed by atoms with van der Waals surface area (Å²) < 4.78 is 6.76. The van der Waals surface area contributed by atoms with Crippen molar-refractivity contribution in [2.75, 3.05) is 26.1 Å². The second-order valence-electron chi connectivity index (χ2n) is 4.90. The lowest BCUT2D eigenvalue weighted by atomic mass is 10.1. The van der Waals surface area contributed by atoms with Crippen LogP contribution in [0.4, 0.5) is 5.82 Å². The van der Waals surface area contributed by atoms with E-state index < -0.39 is 18.2 Å². The van der Waals surface area contributed by atoms with E-state index in [-0.39, 0.29) is 6.61 Å². The molecule has 3 atom stereocenters. The smallest absolute Gasteiger partial charge is 0.166 e. The normalized spacial score (nSPS) is 25.3. The third kappa shape index (κ3) is 2.17. The number of fused-ring (bicyclic) bond motifs is 1. The number of hydrogen-bond acceptors (Lipinski definition) is 7. The fourth-order valence-corrected chi connectivity index (χ4v) is 2.62. The first kappa shape index (κ1) is 13.9. The highest BCUT2D eigenvalue weighted by molar-refractivity contribution is 5.82. The van der Waals surface area contributed by atoms with Gasteiger partial charge in [-0.05, 0) is 5.57 Å². The van der Waals surface area contributed by atoms with E-state index in [1.54, 1.807) is 31.1 Å². The summed E-state index contributed by atoms with van der Waals surface area (Å²) in [5.74, 6) is 0.618. The molecular weight excluding hydrogens is 274 g/mol. The van der Waals surface area contributed by atoms with Crippen LogP contribution in [0.15, 0.2) is 24.3 Å². The predicted molar refractivity (Wildman–Crippen MR) is 75.9 cm³/mol. The van der Waals surface area contributed by atoms with Crippen LogP contribution in [0, 0.1) is 0 Å². The fraction of sp³-hybridized carbons (Fsp3) is 0.462. The average Bonchev–Trinajstić information content (AvgIpc) is 3.04. The summed E-state index contributed by atoms with van der Waals surface area (Å²) in [4.78, 5) is 12.6. The zero-order valence-electron chi connectivity index (χ0n) is 11.8. The first-order valence-corrected chi connectivity index (χ1v) is 6.58. The maximum absolute atomic E-state index is 10.2. The van der Waals surface area contributed by atoms with Gasteiger partial charge in [-0.2, -0.15) is 0 Å². The van der Waals surface area contributed by atoms with E-state index in [1.807, 2.05) is 0 Å². The Bertz CT molecular complexity index is 683. The van der Waals surface area contributed by atoms with E-state index in [1.165, 1.54) is 6.33 Å². The summed E-state index contributed by atoms with van der Waals surface area (Å²) in [5.41, 5.74) is 1.87. The van der Waals surface area contributed by atoms with Crippen molar-refractivity contribution in [3.8, 4) is 0 Å². The third-order valence-corrected chi connectivity index (χ3v) is 3.67. The number of rotatable bonds is 4. The van der Waals surface area contributed by atoms with Crippen molar-refractivity contribution in [3.63, 3.8) is 0 Å². The highest BCUT2D eigenvalue weighted by atomic mass is 16.5. The van der Waals surface area contributed by atoms with Gasteiger partial charge >= 0.3 is 0 Å². The second-order valence-corrected chi connectivity index (χ2v) is 4.90. The Labute approximate surface area is 121 Å². The van der Waals surface area contributed by atoms with E-state index in [0.717, 1.165) is 0 Å². The Morgan fingerprint density at radius 1 is 1.33 bits per heavy atom. The lowest BCUT2D eigenvalue weighted by Gasteiger charge is -2.18. The Kier molecular flexibility index (Phi) is 3.58. The Hall–Kier alpha value is -2.03. The van der Waals surface area contributed by atoms with Crippen molar-refractivity contribution >= 4 is 17.0 Å². The van der Waals surface area contributed by atoms with Crippen molar-refractivity contribution in [1.29, 1.82) is 0 Å². The van der Waals surface area contributed by atoms with Gasteiger partial charge in [-0.1, -0.05) is 6.08 Å². The number of nitrogens with one attached hydrogen (secondary N) is 1. The maximum Gasteiger partial charge on any atom is 0.166 e. The van der Waals surface area contributed by atoms with Crippen LogP contribution in [0.5, 0.6) is 0 Å². The molecule has 0 aromatic carbocycles. The zero-order valence-corrected chi connectivity index (χ0v) is 11.8. The van der Waals surface area contributed by atoms with E-state index in [0.29, 0.717) is 22.6 Å². The summed E-state index contributed by atoms with van der Waals surface area (Å²) in [6.45, 7) is 0.276.